The van der Waals surface area contributed by atoms with Crippen molar-refractivity contribution in [3.63, 3.8) is 0 Å². The highest BCUT2D eigenvalue weighted by Crippen LogP contribution is 2.38. The standard InChI is InChI=1S/C12H22F3NOS/c1-8(11(7-17)18-2)16-10-6-4-3-5-9(10)12(13,14)15/h8-11,16-17H,3-7H2,1-2H3. The Kier molecular flexibility index (Phi) is 6.27. The predicted molar refractivity (Wildman–Crippen MR) is 68.8 cm³/mol. The maximum absolute atomic E-state index is 12.9. The van der Waals surface area contributed by atoms with E-state index in [2.05, 4.69) is 5.32 Å². The molecule has 0 bridgehead atoms. The van der Waals surface area contributed by atoms with Crippen molar-refractivity contribution in [3.05, 3.63) is 0 Å². The van der Waals surface area contributed by atoms with E-state index in [0.29, 0.717) is 12.8 Å². The Bertz CT molecular complexity index is 246. The summed E-state index contributed by atoms with van der Waals surface area (Å²) >= 11 is 1.48. The van der Waals surface area contributed by atoms with Gasteiger partial charge in [0.15, 0.2) is 0 Å². The number of nitrogens with one attached hydrogen (secondary N) is 1. The number of alkyl halides is 3. The molecule has 4 unspecified atom stereocenters. The first-order valence-electron chi connectivity index (χ1n) is 6.36. The number of aliphatic hydroxyl groups is 1. The van der Waals surface area contributed by atoms with E-state index in [4.69, 9.17) is 5.11 Å². The third-order valence-electron chi connectivity index (χ3n) is 3.70. The van der Waals surface area contributed by atoms with Gasteiger partial charge in [0.05, 0.1) is 12.5 Å². The van der Waals surface area contributed by atoms with Crippen molar-refractivity contribution in [2.45, 2.75) is 56.1 Å². The number of hydrogen-bond acceptors (Lipinski definition) is 3. The van der Waals surface area contributed by atoms with Gasteiger partial charge in [0.1, 0.15) is 0 Å². The van der Waals surface area contributed by atoms with E-state index in [1.54, 1.807) is 0 Å². The summed E-state index contributed by atoms with van der Waals surface area (Å²) in [5.74, 6) is -1.24. The van der Waals surface area contributed by atoms with Crippen LogP contribution in [0.1, 0.15) is 32.6 Å². The fourth-order valence-corrected chi connectivity index (χ4v) is 3.24. The van der Waals surface area contributed by atoms with Crippen molar-refractivity contribution in [2.75, 3.05) is 12.9 Å². The summed E-state index contributed by atoms with van der Waals surface area (Å²) in [5, 5.41) is 12.2. The van der Waals surface area contributed by atoms with Crippen molar-refractivity contribution in [3.8, 4) is 0 Å². The minimum absolute atomic E-state index is 0.0151. The van der Waals surface area contributed by atoms with Gasteiger partial charge in [0.2, 0.25) is 0 Å². The van der Waals surface area contributed by atoms with E-state index >= 15 is 0 Å². The molecule has 1 saturated carbocycles. The third-order valence-corrected chi connectivity index (χ3v) is 4.87. The van der Waals surface area contributed by atoms with Gasteiger partial charge in [0.25, 0.3) is 0 Å². The molecule has 4 atom stereocenters. The fourth-order valence-electron chi connectivity index (χ4n) is 2.60. The molecule has 2 N–H and O–H groups in total. The van der Waals surface area contributed by atoms with E-state index < -0.39 is 18.1 Å². The van der Waals surface area contributed by atoms with Crippen LogP contribution < -0.4 is 5.32 Å². The maximum Gasteiger partial charge on any atom is 0.393 e. The number of thioether (sulfide) groups is 1. The maximum atomic E-state index is 12.9. The van der Waals surface area contributed by atoms with Gasteiger partial charge in [-0.25, -0.2) is 0 Å². The first-order chi connectivity index (χ1) is 8.40. The first kappa shape index (κ1) is 16.1. The molecule has 0 aliphatic heterocycles. The second kappa shape index (κ2) is 7.01. The minimum atomic E-state index is -4.12. The van der Waals surface area contributed by atoms with Gasteiger partial charge in [0, 0.05) is 17.3 Å². The highest BCUT2D eigenvalue weighted by molar-refractivity contribution is 7.99. The molecule has 0 aromatic rings. The first-order valence-corrected chi connectivity index (χ1v) is 7.65. The minimum Gasteiger partial charge on any atom is -0.395 e. The van der Waals surface area contributed by atoms with Gasteiger partial charge in [-0.2, -0.15) is 24.9 Å². The van der Waals surface area contributed by atoms with Crippen LogP contribution in [0.4, 0.5) is 13.2 Å². The summed E-state index contributed by atoms with van der Waals surface area (Å²) in [5.41, 5.74) is 0. The van der Waals surface area contributed by atoms with Gasteiger partial charge < -0.3 is 10.4 Å². The third kappa shape index (κ3) is 4.31. The van der Waals surface area contributed by atoms with Crippen molar-refractivity contribution < 1.29 is 18.3 Å². The van der Waals surface area contributed by atoms with Gasteiger partial charge in [-0.1, -0.05) is 12.8 Å². The molecule has 2 nitrogen and oxygen atoms in total. The van der Waals surface area contributed by atoms with Crippen molar-refractivity contribution in [1.29, 1.82) is 0 Å². The van der Waals surface area contributed by atoms with E-state index in [1.807, 2.05) is 13.2 Å². The van der Waals surface area contributed by atoms with E-state index in [0.717, 1.165) is 6.42 Å². The molecule has 18 heavy (non-hydrogen) atoms. The van der Waals surface area contributed by atoms with Crippen LogP contribution in [0.3, 0.4) is 0 Å². The molecule has 1 fully saturated rings. The molecule has 0 saturated heterocycles. The zero-order valence-corrected chi connectivity index (χ0v) is 11.7. The Labute approximate surface area is 111 Å². The summed E-state index contributed by atoms with van der Waals surface area (Å²) in [6.07, 6.45) is 0.0355. The molecular formula is C12H22F3NOS. The van der Waals surface area contributed by atoms with Crippen LogP contribution in [0.25, 0.3) is 0 Å². The van der Waals surface area contributed by atoms with Crippen molar-refractivity contribution in [1.82, 2.24) is 5.32 Å². The molecule has 1 aliphatic rings. The van der Waals surface area contributed by atoms with Crippen molar-refractivity contribution >= 4 is 11.8 Å². The molecule has 0 aromatic heterocycles. The average Bonchev–Trinajstić information content (AvgIpc) is 2.30. The quantitative estimate of drug-likeness (QED) is 0.814. The SMILES string of the molecule is CSC(CO)C(C)NC1CCCCC1C(F)(F)F. The molecule has 1 rings (SSSR count). The van der Waals surface area contributed by atoms with Gasteiger partial charge in [-0.3, -0.25) is 0 Å². The molecule has 108 valence electrons. The molecule has 0 spiro atoms. The van der Waals surface area contributed by atoms with Gasteiger partial charge in [-0.05, 0) is 26.0 Å². The van der Waals surface area contributed by atoms with Crippen LogP contribution in [0.5, 0.6) is 0 Å². The Hall–Kier alpha value is 0.0600. The largest absolute Gasteiger partial charge is 0.395 e. The van der Waals surface area contributed by atoms with Gasteiger partial charge in [-0.15, -0.1) is 0 Å². The van der Waals surface area contributed by atoms with Crippen LogP contribution in [0.2, 0.25) is 0 Å². The zero-order chi connectivity index (χ0) is 13.8. The molecular weight excluding hydrogens is 263 g/mol. The van der Waals surface area contributed by atoms with Crippen LogP contribution in [-0.2, 0) is 0 Å². The van der Waals surface area contributed by atoms with Crippen LogP contribution in [-0.4, -0.2) is 41.5 Å². The lowest BCUT2D eigenvalue weighted by Gasteiger charge is -2.36. The summed E-state index contributed by atoms with van der Waals surface area (Å²) < 4.78 is 38.7. The molecule has 0 radical (unpaired) electrons. The summed E-state index contributed by atoms with van der Waals surface area (Å²) in [4.78, 5) is 0. The lowest BCUT2D eigenvalue weighted by molar-refractivity contribution is -0.189. The Morgan fingerprint density at radius 1 is 1.33 bits per heavy atom. The van der Waals surface area contributed by atoms with E-state index in [-0.39, 0.29) is 24.3 Å². The Morgan fingerprint density at radius 3 is 2.44 bits per heavy atom. The average molecular weight is 285 g/mol. The number of hydrogen-bond donors (Lipinski definition) is 2. The second-order valence-corrected chi connectivity index (χ2v) is 6.03. The molecule has 0 heterocycles. The van der Waals surface area contributed by atoms with E-state index in [9.17, 15) is 13.2 Å². The Morgan fingerprint density at radius 2 is 1.94 bits per heavy atom. The normalized spacial score (nSPS) is 29.0. The van der Waals surface area contributed by atoms with Gasteiger partial charge >= 0.3 is 6.18 Å². The van der Waals surface area contributed by atoms with E-state index in [1.165, 1.54) is 11.8 Å². The van der Waals surface area contributed by atoms with Crippen LogP contribution >= 0.6 is 11.8 Å². The molecule has 1 aliphatic carbocycles. The zero-order valence-electron chi connectivity index (χ0n) is 10.8. The summed E-state index contributed by atoms with van der Waals surface area (Å²) in [7, 11) is 0. The molecule has 6 heteroatoms. The Balaban J connectivity index is 2.62. The van der Waals surface area contributed by atoms with Crippen molar-refractivity contribution in [2.24, 2.45) is 5.92 Å². The van der Waals surface area contributed by atoms with Crippen LogP contribution in [0.15, 0.2) is 0 Å². The summed E-state index contributed by atoms with van der Waals surface area (Å²) in [6, 6.07) is -0.618. The fraction of sp³-hybridized carbons (Fsp3) is 1.00. The lowest BCUT2D eigenvalue weighted by Crippen LogP contribution is -2.51. The lowest BCUT2D eigenvalue weighted by atomic mass is 9.83. The number of halogens is 3. The number of rotatable bonds is 5. The topological polar surface area (TPSA) is 32.3 Å². The highest BCUT2D eigenvalue weighted by Gasteiger charge is 2.45. The second-order valence-electron chi connectivity index (χ2n) is 4.95. The smallest absolute Gasteiger partial charge is 0.393 e. The monoisotopic (exact) mass is 285 g/mol. The number of aliphatic hydroxyl groups excluding tert-OH is 1. The molecule has 0 amide bonds. The van der Waals surface area contributed by atoms with Crippen LogP contribution in [0, 0.1) is 5.92 Å². The highest BCUT2D eigenvalue weighted by atomic mass is 32.2. The predicted octanol–water partition coefficient (Wildman–Crippen LogP) is 2.81. The molecule has 0 aromatic carbocycles. The summed E-state index contributed by atoms with van der Waals surface area (Å²) in [6.45, 7) is 1.83.